The molecule has 0 radical (unpaired) electrons. The average molecular weight is 393 g/mol. The molecule has 2 amide bonds. The summed E-state index contributed by atoms with van der Waals surface area (Å²) in [5.74, 6) is -1.04. The van der Waals surface area contributed by atoms with Crippen molar-refractivity contribution in [1.82, 2.24) is 24.7 Å². The van der Waals surface area contributed by atoms with E-state index in [0.717, 1.165) is 9.87 Å². The highest BCUT2D eigenvalue weighted by molar-refractivity contribution is 7.89. The molecule has 1 aromatic heterocycles. The van der Waals surface area contributed by atoms with Gasteiger partial charge in [-0.15, -0.1) is 0 Å². The Bertz CT molecular complexity index is 879. The van der Waals surface area contributed by atoms with Crippen molar-refractivity contribution in [2.75, 3.05) is 13.6 Å². The minimum Gasteiger partial charge on any atom is -0.334 e. The summed E-state index contributed by atoms with van der Waals surface area (Å²) in [5.41, 5.74) is 5.45. The molecule has 146 valence electrons. The van der Waals surface area contributed by atoms with Crippen LogP contribution < -0.4 is 10.9 Å². The molecule has 1 atom stereocenters. The molecule has 2 N–H and O–H groups in total. The molecule has 0 unspecified atom stereocenters. The predicted octanol–water partition coefficient (Wildman–Crippen LogP) is 0.611. The molecule has 0 saturated heterocycles. The molecule has 9 nitrogen and oxygen atoms in total. The monoisotopic (exact) mass is 393 g/mol. The number of nitrogens with one attached hydrogen (secondary N) is 2. The zero-order valence-corrected chi connectivity index (χ0v) is 16.2. The van der Waals surface area contributed by atoms with Crippen LogP contribution in [0.5, 0.6) is 0 Å². The van der Waals surface area contributed by atoms with Gasteiger partial charge in [-0.3, -0.25) is 20.4 Å². The van der Waals surface area contributed by atoms with Gasteiger partial charge in [-0.1, -0.05) is 17.7 Å². The molecular weight excluding hydrogens is 370 g/mol. The summed E-state index contributed by atoms with van der Waals surface area (Å²) in [7, 11) is -2.49. The second-order valence-electron chi connectivity index (χ2n) is 6.23. The summed E-state index contributed by atoms with van der Waals surface area (Å²) in [4.78, 5) is 27.9. The van der Waals surface area contributed by atoms with E-state index in [1.165, 1.54) is 19.2 Å². The van der Waals surface area contributed by atoms with Gasteiger partial charge in [0.25, 0.3) is 5.91 Å². The van der Waals surface area contributed by atoms with Crippen molar-refractivity contribution in [3.8, 4) is 0 Å². The number of carbonyl (C=O) groups excluding carboxylic acids is 2. The van der Waals surface area contributed by atoms with E-state index >= 15 is 0 Å². The van der Waals surface area contributed by atoms with Gasteiger partial charge in [-0.25, -0.2) is 13.4 Å². The lowest BCUT2D eigenvalue weighted by atomic mass is 10.2. The van der Waals surface area contributed by atoms with Crippen LogP contribution in [-0.4, -0.2) is 47.7 Å². The van der Waals surface area contributed by atoms with Gasteiger partial charge in [0, 0.05) is 31.9 Å². The maximum atomic E-state index is 12.4. The van der Waals surface area contributed by atoms with Gasteiger partial charge in [0.2, 0.25) is 15.9 Å². The Labute approximate surface area is 158 Å². The first-order chi connectivity index (χ1) is 12.7. The van der Waals surface area contributed by atoms with E-state index in [1.54, 1.807) is 35.4 Å². The van der Waals surface area contributed by atoms with Crippen LogP contribution in [0.2, 0.25) is 0 Å². The van der Waals surface area contributed by atoms with Crippen molar-refractivity contribution in [3.63, 3.8) is 0 Å². The van der Waals surface area contributed by atoms with Crippen molar-refractivity contribution >= 4 is 21.8 Å². The van der Waals surface area contributed by atoms with Crippen LogP contribution in [0.4, 0.5) is 0 Å². The summed E-state index contributed by atoms with van der Waals surface area (Å²) in [6.07, 6.45) is 5.08. The molecule has 1 aromatic carbocycles. The maximum absolute atomic E-state index is 12.4. The highest BCUT2D eigenvalue weighted by Gasteiger charge is 2.23. The van der Waals surface area contributed by atoms with Gasteiger partial charge < -0.3 is 4.57 Å². The Kier molecular flexibility index (Phi) is 6.70. The number of imidazole rings is 1. The highest BCUT2D eigenvalue weighted by Crippen LogP contribution is 2.14. The number of amides is 2. The van der Waals surface area contributed by atoms with Gasteiger partial charge in [0.05, 0.1) is 17.8 Å². The SMILES string of the molecule is Cc1ccc(S(=O)(=O)N(C)CC(=O)NNC(=O)C[C@@H](C)n2ccnc2)cc1. The third-order valence-corrected chi connectivity index (χ3v) is 5.77. The van der Waals surface area contributed by atoms with E-state index in [4.69, 9.17) is 0 Å². The molecule has 0 saturated carbocycles. The van der Waals surface area contributed by atoms with Gasteiger partial charge in [-0.2, -0.15) is 4.31 Å². The predicted molar refractivity (Wildman–Crippen MR) is 98.8 cm³/mol. The van der Waals surface area contributed by atoms with Crippen molar-refractivity contribution in [2.24, 2.45) is 0 Å². The molecule has 0 aliphatic heterocycles. The van der Waals surface area contributed by atoms with E-state index in [9.17, 15) is 18.0 Å². The molecule has 2 aromatic rings. The second kappa shape index (κ2) is 8.78. The third-order valence-electron chi connectivity index (χ3n) is 3.95. The van der Waals surface area contributed by atoms with Crippen molar-refractivity contribution in [1.29, 1.82) is 0 Å². The van der Waals surface area contributed by atoms with Crippen molar-refractivity contribution in [2.45, 2.75) is 31.2 Å². The number of rotatable bonds is 7. The maximum Gasteiger partial charge on any atom is 0.253 e. The average Bonchev–Trinajstić information content (AvgIpc) is 3.15. The molecule has 0 fully saturated rings. The molecule has 10 heteroatoms. The lowest BCUT2D eigenvalue weighted by Crippen LogP contribution is -2.47. The summed E-state index contributed by atoms with van der Waals surface area (Å²) in [5, 5.41) is 0. The highest BCUT2D eigenvalue weighted by atomic mass is 32.2. The number of hydrazine groups is 1. The van der Waals surface area contributed by atoms with E-state index < -0.39 is 28.4 Å². The van der Waals surface area contributed by atoms with Gasteiger partial charge in [0.15, 0.2) is 0 Å². The number of nitrogens with zero attached hydrogens (tertiary/aromatic N) is 3. The summed E-state index contributed by atoms with van der Waals surface area (Å²) in [6, 6.07) is 6.20. The van der Waals surface area contributed by atoms with Gasteiger partial charge in [-0.05, 0) is 26.0 Å². The number of likely N-dealkylation sites (N-methyl/N-ethyl adjacent to an activating group) is 1. The first kappa shape index (κ1) is 20.6. The number of carbonyl (C=O) groups is 2. The normalized spacial score (nSPS) is 12.6. The van der Waals surface area contributed by atoms with Gasteiger partial charge in [0.1, 0.15) is 0 Å². The first-order valence-corrected chi connectivity index (χ1v) is 9.72. The van der Waals surface area contributed by atoms with E-state index in [0.29, 0.717) is 0 Å². The second-order valence-corrected chi connectivity index (χ2v) is 8.28. The van der Waals surface area contributed by atoms with Gasteiger partial charge >= 0.3 is 0 Å². The van der Waals surface area contributed by atoms with E-state index in [1.807, 2.05) is 13.8 Å². The third kappa shape index (κ3) is 5.63. The Morgan fingerprint density at radius 1 is 1.19 bits per heavy atom. The van der Waals surface area contributed by atoms with E-state index in [2.05, 4.69) is 15.8 Å². The molecule has 1 heterocycles. The number of aryl methyl sites for hydroxylation is 1. The quantitative estimate of drug-likeness (QED) is 0.669. The Morgan fingerprint density at radius 2 is 1.81 bits per heavy atom. The molecule has 0 aliphatic rings. The zero-order valence-electron chi connectivity index (χ0n) is 15.4. The molecule has 27 heavy (non-hydrogen) atoms. The number of benzene rings is 1. The van der Waals surface area contributed by atoms with Crippen LogP contribution >= 0.6 is 0 Å². The molecule has 0 spiro atoms. The molecular formula is C17H23N5O4S. The smallest absolute Gasteiger partial charge is 0.253 e. The fraction of sp³-hybridized carbons (Fsp3) is 0.353. The van der Waals surface area contributed by atoms with Crippen molar-refractivity contribution in [3.05, 3.63) is 48.5 Å². The summed E-state index contributed by atoms with van der Waals surface area (Å²) < 4.78 is 27.6. The van der Waals surface area contributed by atoms with E-state index in [-0.39, 0.29) is 17.4 Å². The van der Waals surface area contributed by atoms with Crippen LogP contribution in [-0.2, 0) is 19.6 Å². The number of hydrogen-bond donors (Lipinski definition) is 2. The first-order valence-electron chi connectivity index (χ1n) is 8.28. The topological polar surface area (TPSA) is 113 Å². The Morgan fingerprint density at radius 3 is 2.41 bits per heavy atom. The number of aromatic nitrogens is 2. The fourth-order valence-corrected chi connectivity index (χ4v) is 3.44. The lowest BCUT2D eigenvalue weighted by molar-refractivity contribution is -0.129. The minimum absolute atomic E-state index is 0.0987. The molecule has 0 bridgehead atoms. The largest absolute Gasteiger partial charge is 0.334 e. The zero-order chi connectivity index (χ0) is 20.0. The summed E-state index contributed by atoms with van der Waals surface area (Å²) >= 11 is 0. The van der Waals surface area contributed by atoms with Crippen LogP contribution in [0.25, 0.3) is 0 Å². The number of hydrogen-bond acceptors (Lipinski definition) is 5. The van der Waals surface area contributed by atoms with Crippen LogP contribution in [0.1, 0.15) is 24.9 Å². The van der Waals surface area contributed by atoms with Crippen LogP contribution in [0.15, 0.2) is 47.9 Å². The van der Waals surface area contributed by atoms with Crippen molar-refractivity contribution < 1.29 is 18.0 Å². The van der Waals surface area contributed by atoms with Crippen LogP contribution in [0, 0.1) is 6.92 Å². The Hall–Kier alpha value is -2.72. The van der Waals surface area contributed by atoms with Crippen LogP contribution in [0.3, 0.4) is 0 Å². The molecule has 0 aliphatic carbocycles. The fourth-order valence-electron chi connectivity index (χ4n) is 2.31. The lowest BCUT2D eigenvalue weighted by Gasteiger charge is -2.17. The molecule has 2 rings (SSSR count). The Balaban J connectivity index is 1.84. The minimum atomic E-state index is -3.79. The number of sulfonamides is 1. The standard InChI is InChI=1S/C17H23N5O4S/c1-13-4-6-15(7-5-13)27(25,26)21(3)11-17(24)20-19-16(23)10-14(2)22-9-8-18-12-22/h4-9,12,14H,10-11H2,1-3H3,(H,19,23)(H,20,24)/t14-/m1/s1. The summed E-state index contributed by atoms with van der Waals surface area (Å²) in [6.45, 7) is 3.27.